The van der Waals surface area contributed by atoms with Gasteiger partial charge < -0.3 is 19.9 Å². The molecule has 1 heterocycles. The molecule has 0 spiro atoms. The van der Waals surface area contributed by atoms with Crippen LogP contribution in [0.3, 0.4) is 0 Å². The fourth-order valence-electron chi connectivity index (χ4n) is 2.94. The highest BCUT2D eigenvalue weighted by atomic mass is 16.6. The first kappa shape index (κ1) is 23.2. The van der Waals surface area contributed by atoms with Gasteiger partial charge in [-0.2, -0.15) is 0 Å². The fourth-order valence-corrected chi connectivity index (χ4v) is 2.94. The predicted octanol–water partition coefficient (Wildman–Crippen LogP) is 2.67. The number of urea groups is 1. The Kier molecular flexibility index (Phi) is 7.42. The topological polar surface area (TPSA) is 99.3 Å². The number of imide groups is 1. The summed E-state index contributed by atoms with van der Waals surface area (Å²) < 4.78 is 5.34. The first-order valence-corrected chi connectivity index (χ1v) is 9.84. The van der Waals surface area contributed by atoms with Gasteiger partial charge in [0.25, 0.3) is 0 Å². The van der Waals surface area contributed by atoms with Gasteiger partial charge >= 0.3 is 12.1 Å². The van der Waals surface area contributed by atoms with Gasteiger partial charge in [-0.15, -0.1) is 0 Å². The number of anilines is 1. The van der Waals surface area contributed by atoms with Gasteiger partial charge in [0.15, 0.2) is 0 Å². The van der Waals surface area contributed by atoms with E-state index in [9.17, 15) is 19.2 Å². The minimum Gasteiger partial charge on any atom is -0.444 e. The maximum Gasteiger partial charge on any atom is 0.410 e. The largest absolute Gasteiger partial charge is 0.444 e. The Morgan fingerprint density at radius 2 is 1.93 bits per heavy atom. The molecule has 0 aromatic heterocycles. The Hall–Kier alpha value is -3.10. The molecule has 5 amide bonds. The van der Waals surface area contributed by atoms with Gasteiger partial charge in [-0.25, -0.2) is 9.59 Å². The Morgan fingerprint density at radius 3 is 2.53 bits per heavy atom. The number of likely N-dealkylation sites (N-methyl/N-ethyl adjacent to an activating group) is 1. The van der Waals surface area contributed by atoms with Crippen LogP contribution in [0.4, 0.5) is 15.3 Å². The second kappa shape index (κ2) is 9.60. The van der Waals surface area contributed by atoms with Crippen molar-refractivity contribution in [1.82, 2.24) is 14.7 Å². The van der Waals surface area contributed by atoms with Gasteiger partial charge in [-0.1, -0.05) is 12.1 Å². The SMILES string of the molecule is CN(Cc1cccc(NC(=O)CCCN2C(=O)CN(C)C2=O)c1)C(=O)OC(C)(C)C. The zero-order valence-corrected chi connectivity index (χ0v) is 18.2. The van der Waals surface area contributed by atoms with E-state index in [1.807, 2.05) is 26.8 Å². The van der Waals surface area contributed by atoms with E-state index in [1.165, 1.54) is 14.7 Å². The number of carbonyl (C=O) groups excluding carboxylic acids is 4. The van der Waals surface area contributed by atoms with Crippen LogP contribution in [0.15, 0.2) is 24.3 Å². The first-order chi connectivity index (χ1) is 14.0. The summed E-state index contributed by atoms with van der Waals surface area (Å²) in [5.41, 5.74) is 0.890. The molecule has 1 aromatic rings. The van der Waals surface area contributed by atoms with Crippen molar-refractivity contribution in [2.75, 3.05) is 32.5 Å². The first-order valence-electron chi connectivity index (χ1n) is 9.84. The number of hydrogen-bond acceptors (Lipinski definition) is 5. The second-order valence-corrected chi connectivity index (χ2v) is 8.37. The second-order valence-electron chi connectivity index (χ2n) is 8.37. The molecule has 1 aliphatic heterocycles. The molecule has 0 radical (unpaired) electrons. The lowest BCUT2D eigenvalue weighted by molar-refractivity contribution is -0.125. The van der Waals surface area contributed by atoms with Crippen molar-refractivity contribution in [3.63, 3.8) is 0 Å². The lowest BCUT2D eigenvalue weighted by atomic mass is 10.2. The van der Waals surface area contributed by atoms with Gasteiger partial charge in [-0.3, -0.25) is 14.5 Å². The van der Waals surface area contributed by atoms with Crippen LogP contribution in [0.2, 0.25) is 0 Å². The summed E-state index contributed by atoms with van der Waals surface area (Å²) in [5, 5.41) is 2.81. The lowest BCUT2D eigenvalue weighted by Gasteiger charge is -2.24. The van der Waals surface area contributed by atoms with Gasteiger partial charge in [0, 0.05) is 39.3 Å². The molecule has 2 rings (SSSR count). The van der Waals surface area contributed by atoms with Crippen molar-refractivity contribution in [2.24, 2.45) is 0 Å². The van der Waals surface area contributed by atoms with E-state index in [4.69, 9.17) is 4.74 Å². The number of nitrogens with zero attached hydrogens (tertiary/aromatic N) is 3. The van der Waals surface area contributed by atoms with Gasteiger partial charge in [0.1, 0.15) is 12.1 Å². The van der Waals surface area contributed by atoms with Crippen molar-refractivity contribution < 1.29 is 23.9 Å². The lowest BCUT2D eigenvalue weighted by Crippen LogP contribution is -2.33. The summed E-state index contributed by atoms with van der Waals surface area (Å²) in [6, 6.07) is 6.88. The Bertz CT molecular complexity index is 818. The molecule has 1 fully saturated rings. The van der Waals surface area contributed by atoms with Crippen LogP contribution in [-0.2, 0) is 20.9 Å². The number of ether oxygens (including phenoxy) is 1. The van der Waals surface area contributed by atoms with Crippen LogP contribution in [0, 0.1) is 0 Å². The summed E-state index contributed by atoms with van der Waals surface area (Å²) in [6.45, 7) is 6.06. The molecule has 0 bridgehead atoms. The number of nitrogens with one attached hydrogen (secondary N) is 1. The third kappa shape index (κ3) is 6.75. The summed E-state index contributed by atoms with van der Waals surface area (Å²) in [6.07, 6.45) is 0.148. The van der Waals surface area contributed by atoms with E-state index in [1.54, 1.807) is 32.3 Å². The third-order valence-corrected chi connectivity index (χ3v) is 4.35. The minimum absolute atomic E-state index is 0.0789. The van der Waals surface area contributed by atoms with Gasteiger partial charge in [0.05, 0.1) is 0 Å². The summed E-state index contributed by atoms with van der Waals surface area (Å²) in [5.74, 6) is -0.454. The Balaban J connectivity index is 1.83. The van der Waals surface area contributed by atoms with Crippen LogP contribution in [0.5, 0.6) is 0 Å². The monoisotopic (exact) mass is 418 g/mol. The molecule has 1 saturated heterocycles. The normalized spacial score (nSPS) is 14.2. The summed E-state index contributed by atoms with van der Waals surface area (Å²) >= 11 is 0. The van der Waals surface area contributed by atoms with E-state index < -0.39 is 11.7 Å². The van der Waals surface area contributed by atoms with Crippen LogP contribution >= 0.6 is 0 Å². The molecular formula is C21H30N4O5. The molecule has 0 atom stereocenters. The molecule has 1 aliphatic rings. The van der Waals surface area contributed by atoms with Crippen LogP contribution in [0.25, 0.3) is 0 Å². The number of carbonyl (C=O) groups is 4. The van der Waals surface area contributed by atoms with Crippen LogP contribution in [-0.4, -0.2) is 71.4 Å². The predicted molar refractivity (Wildman–Crippen MR) is 112 cm³/mol. The molecule has 30 heavy (non-hydrogen) atoms. The highest BCUT2D eigenvalue weighted by molar-refractivity contribution is 6.01. The molecule has 0 aliphatic carbocycles. The molecule has 1 N–H and O–H groups in total. The van der Waals surface area contributed by atoms with Crippen LogP contribution < -0.4 is 5.32 Å². The van der Waals surface area contributed by atoms with Crippen molar-refractivity contribution in [3.05, 3.63) is 29.8 Å². The standard InChI is InChI=1S/C21H30N4O5/c1-21(2,3)30-20(29)24(5)13-15-8-6-9-16(12-15)22-17(26)10-7-11-25-18(27)14-23(4)19(25)28/h6,8-9,12H,7,10-11,13-14H2,1-5H3,(H,22,26). The third-order valence-electron chi connectivity index (χ3n) is 4.35. The molecule has 0 saturated carbocycles. The maximum atomic E-state index is 12.2. The highest BCUT2D eigenvalue weighted by Gasteiger charge is 2.32. The Morgan fingerprint density at radius 1 is 1.23 bits per heavy atom. The zero-order chi connectivity index (χ0) is 22.5. The minimum atomic E-state index is -0.569. The number of rotatable bonds is 7. The molecule has 9 nitrogen and oxygen atoms in total. The number of hydrogen-bond donors (Lipinski definition) is 1. The van der Waals surface area contributed by atoms with Crippen molar-refractivity contribution in [2.45, 2.75) is 45.8 Å². The highest BCUT2D eigenvalue weighted by Crippen LogP contribution is 2.15. The van der Waals surface area contributed by atoms with Crippen molar-refractivity contribution >= 4 is 29.6 Å². The maximum absolute atomic E-state index is 12.2. The Labute approximate surface area is 176 Å². The van der Waals surface area contributed by atoms with Crippen molar-refractivity contribution in [3.8, 4) is 0 Å². The average Bonchev–Trinajstić information content (AvgIpc) is 2.86. The summed E-state index contributed by atoms with van der Waals surface area (Å²) in [7, 11) is 3.22. The van der Waals surface area contributed by atoms with Gasteiger partial charge in [-0.05, 0) is 44.9 Å². The molecule has 1 aromatic carbocycles. The summed E-state index contributed by atoms with van der Waals surface area (Å²) in [4.78, 5) is 51.9. The molecule has 0 unspecified atom stereocenters. The number of amides is 5. The number of benzene rings is 1. The van der Waals surface area contributed by atoms with Crippen molar-refractivity contribution in [1.29, 1.82) is 0 Å². The van der Waals surface area contributed by atoms with E-state index in [0.29, 0.717) is 18.7 Å². The average molecular weight is 418 g/mol. The quantitative estimate of drug-likeness (QED) is 0.687. The van der Waals surface area contributed by atoms with E-state index in [2.05, 4.69) is 5.32 Å². The molecule has 9 heteroatoms. The van der Waals surface area contributed by atoms with E-state index in [0.717, 1.165) is 5.56 Å². The fraction of sp³-hybridized carbons (Fsp3) is 0.524. The van der Waals surface area contributed by atoms with E-state index in [-0.39, 0.29) is 37.4 Å². The zero-order valence-electron chi connectivity index (χ0n) is 18.2. The van der Waals surface area contributed by atoms with Gasteiger partial charge in [0.2, 0.25) is 11.8 Å². The smallest absolute Gasteiger partial charge is 0.410 e. The molecule has 164 valence electrons. The van der Waals surface area contributed by atoms with E-state index >= 15 is 0 Å². The van der Waals surface area contributed by atoms with Crippen LogP contribution in [0.1, 0.15) is 39.2 Å². The molecular weight excluding hydrogens is 388 g/mol.